The van der Waals surface area contributed by atoms with Crippen molar-refractivity contribution in [3.63, 3.8) is 0 Å². The highest BCUT2D eigenvalue weighted by Gasteiger charge is 2.21. The number of aromatic nitrogens is 6. The molecule has 10 nitrogen and oxygen atoms in total. The van der Waals surface area contributed by atoms with E-state index >= 15 is 0 Å². The van der Waals surface area contributed by atoms with Gasteiger partial charge in [-0.25, -0.2) is 9.79 Å². The van der Waals surface area contributed by atoms with Gasteiger partial charge in [-0.2, -0.15) is 19.6 Å². The van der Waals surface area contributed by atoms with Gasteiger partial charge in [0.05, 0.1) is 18.3 Å². The van der Waals surface area contributed by atoms with Gasteiger partial charge in [-0.1, -0.05) is 29.8 Å². The lowest BCUT2D eigenvalue weighted by Crippen LogP contribution is -2.25. The zero-order valence-corrected chi connectivity index (χ0v) is 17.3. The number of hydrogen-bond donors (Lipinski definition) is 4. The number of rotatable bonds is 5. The van der Waals surface area contributed by atoms with Crippen LogP contribution in [0.2, 0.25) is 5.02 Å². The first kappa shape index (κ1) is 19.3. The molecule has 1 saturated carbocycles. The molecular weight excluding hydrogens is 420 g/mol. The highest BCUT2D eigenvalue weighted by Crippen LogP contribution is 2.25. The Balaban J connectivity index is 1.63. The molecule has 31 heavy (non-hydrogen) atoms. The summed E-state index contributed by atoms with van der Waals surface area (Å²) in [6, 6.07) is 7.66. The molecule has 158 valence electrons. The van der Waals surface area contributed by atoms with Crippen LogP contribution in [0.1, 0.15) is 37.1 Å². The summed E-state index contributed by atoms with van der Waals surface area (Å²) in [5, 5.41) is 18.8. The molecule has 1 fully saturated rings. The summed E-state index contributed by atoms with van der Waals surface area (Å²) in [5.41, 5.74) is 1.58. The van der Waals surface area contributed by atoms with Gasteiger partial charge in [0, 0.05) is 10.2 Å². The second kappa shape index (κ2) is 7.55. The molecule has 1 aromatic carbocycles. The van der Waals surface area contributed by atoms with E-state index in [9.17, 15) is 9.90 Å². The lowest BCUT2D eigenvalue weighted by Gasteiger charge is -2.15. The van der Waals surface area contributed by atoms with Crippen molar-refractivity contribution in [2.75, 3.05) is 5.32 Å². The Labute approximate surface area is 180 Å². The van der Waals surface area contributed by atoms with E-state index in [0.29, 0.717) is 27.5 Å². The summed E-state index contributed by atoms with van der Waals surface area (Å²) >= 11 is 6.33. The van der Waals surface area contributed by atoms with Gasteiger partial charge in [0.25, 0.3) is 5.62 Å². The van der Waals surface area contributed by atoms with Gasteiger partial charge >= 0.3 is 5.69 Å². The number of hydrogen-bond acceptors (Lipinski definition) is 7. The second-order valence-electron chi connectivity index (χ2n) is 7.42. The first-order valence-electron chi connectivity index (χ1n) is 9.81. The standard InChI is InChI=1S/C20H19ClN8O2/c1-10(13-4-2-3-5-14(13)21)23-18-26-16-11(8-15-17(30)27-20(31)25-15)9-22-29(16)19(28-18)24-12-6-7-12/h2-5,8-10,12,30H,6-7H2,1H3,(H,23,24,28)(H2,25,27,31)/t10-/m1/s1. The molecule has 1 aliphatic carbocycles. The molecule has 1 aliphatic rings. The largest absolute Gasteiger partial charge is 0.493 e. The number of nitrogens with one attached hydrogen (secondary N) is 3. The third-order valence-corrected chi connectivity index (χ3v) is 5.32. The number of anilines is 1. The zero-order valence-electron chi connectivity index (χ0n) is 16.5. The molecule has 0 unspecified atom stereocenters. The minimum atomic E-state index is -0.504. The molecule has 0 aliphatic heterocycles. The highest BCUT2D eigenvalue weighted by molar-refractivity contribution is 6.31. The lowest BCUT2D eigenvalue weighted by atomic mass is 10.1. The average Bonchev–Trinajstić information content (AvgIpc) is 3.37. The third kappa shape index (κ3) is 3.89. The number of nitrogens with zero attached hydrogens (tertiary/aromatic N) is 5. The summed E-state index contributed by atoms with van der Waals surface area (Å²) < 4.78 is 1.55. The molecule has 1 atom stereocenters. The second-order valence-corrected chi connectivity index (χ2v) is 7.82. The van der Waals surface area contributed by atoms with Crippen LogP contribution in [-0.2, 0) is 0 Å². The number of imidazole rings is 1. The van der Waals surface area contributed by atoms with Crippen molar-refractivity contribution >= 4 is 29.3 Å². The molecule has 0 radical (unpaired) electrons. The fourth-order valence-electron chi connectivity index (χ4n) is 3.24. The van der Waals surface area contributed by atoms with Crippen LogP contribution in [0.3, 0.4) is 0 Å². The van der Waals surface area contributed by atoms with Crippen LogP contribution >= 0.6 is 11.6 Å². The van der Waals surface area contributed by atoms with Gasteiger partial charge in [-0.15, -0.1) is 0 Å². The van der Waals surface area contributed by atoms with Crippen molar-refractivity contribution in [3.8, 4) is 5.88 Å². The molecule has 3 aromatic heterocycles. The molecule has 11 heteroatoms. The molecule has 4 N–H and O–H groups in total. The number of aromatic hydroxyl groups is 1. The summed E-state index contributed by atoms with van der Waals surface area (Å²) in [6.07, 6.45) is 5.21. The predicted octanol–water partition coefficient (Wildman–Crippen LogP) is 1.28. The number of halogens is 1. The van der Waals surface area contributed by atoms with E-state index in [1.165, 1.54) is 0 Å². The number of H-pyrrole nitrogens is 2. The normalized spacial score (nSPS) is 16.2. The Kier molecular flexibility index (Phi) is 4.70. The topological polar surface area (TPSA) is 136 Å². The van der Waals surface area contributed by atoms with Crippen LogP contribution in [0.25, 0.3) is 11.7 Å². The van der Waals surface area contributed by atoms with Gasteiger partial charge in [-0.3, -0.25) is 4.98 Å². The van der Waals surface area contributed by atoms with Gasteiger partial charge in [-0.05, 0) is 37.5 Å². The van der Waals surface area contributed by atoms with E-state index in [2.05, 4.69) is 35.3 Å². The summed E-state index contributed by atoms with van der Waals surface area (Å²) in [6.45, 7) is 1.97. The van der Waals surface area contributed by atoms with E-state index < -0.39 is 5.69 Å². The Bertz CT molecular complexity index is 1450. The monoisotopic (exact) mass is 438 g/mol. The fourth-order valence-corrected chi connectivity index (χ4v) is 3.54. The maximum absolute atomic E-state index is 11.4. The molecule has 5 rings (SSSR count). The van der Waals surface area contributed by atoms with Crippen LogP contribution in [0, 0.1) is 0 Å². The summed E-state index contributed by atoms with van der Waals surface area (Å²) in [4.78, 5) is 30.1. The molecule has 0 saturated heterocycles. The first-order chi connectivity index (χ1) is 15.0. The van der Waals surface area contributed by atoms with Crippen LogP contribution < -0.4 is 21.8 Å². The Hall–Kier alpha value is -3.66. The van der Waals surface area contributed by atoms with E-state index in [1.54, 1.807) is 16.8 Å². The van der Waals surface area contributed by atoms with Gasteiger partial charge in [0.15, 0.2) is 5.65 Å². The minimum Gasteiger partial charge on any atom is -0.493 e. The van der Waals surface area contributed by atoms with Crippen molar-refractivity contribution in [2.24, 2.45) is 4.99 Å². The van der Waals surface area contributed by atoms with Crippen molar-refractivity contribution in [1.29, 1.82) is 0 Å². The number of benzene rings is 1. The predicted molar refractivity (Wildman–Crippen MR) is 115 cm³/mol. The van der Waals surface area contributed by atoms with Crippen LogP contribution in [0.5, 0.6) is 5.88 Å². The molecular formula is C20H19ClN8O2. The van der Waals surface area contributed by atoms with Crippen molar-refractivity contribution in [2.45, 2.75) is 31.8 Å². The number of fused-ring (bicyclic) bond motifs is 1. The fraction of sp³-hybridized carbons (Fsp3) is 0.250. The smallest absolute Gasteiger partial charge is 0.326 e. The molecule has 0 amide bonds. The molecule has 4 aromatic rings. The van der Waals surface area contributed by atoms with E-state index in [-0.39, 0.29) is 23.7 Å². The Morgan fingerprint density at radius 1 is 1.32 bits per heavy atom. The maximum Gasteiger partial charge on any atom is 0.326 e. The minimum absolute atomic E-state index is 0.148. The van der Waals surface area contributed by atoms with Crippen LogP contribution in [0.4, 0.5) is 5.95 Å². The van der Waals surface area contributed by atoms with Gasteiger partial charge in [0.1, 0.15) is 5.69 Å². The van der Waals surface area contributed by atoms with Crippen LogP contribution in [-0.4, -0.2) is 40.7 Å². The third-order valence-electron chi connectivity index (χ3n) is 4.98. The van der Waals surface area contributed by atoms with Crippen molar-refractivity contribution in [1.82, 2.24) is 29.5 Å². The van der Waals surface area contributed by atoms with Gasteiger partial charge < -0.3 is 15.4 Å². The SMILES string of the molecule is C[C@@H](Nc1nc(=NC2CC2)n2ncc(=Cc3[nH]c(=O)[nH]c3O)c2n1)c1ccccc1Cl. The van der Waals surface area contributed by atoms with E-state index in [1.807, 2.05) is 31.2 Å². The van der Waals surface area contributed by atoms with Crippen molar-refractivity contribution < 1.29 is 5.11 Å². The van der Waals surface area contributed by atoms with E-state index in [0.717, 1.165) is 18.4 Å². The van der Waals surface area contributed by atoms with Crippen LogP contribution in [0.15, 0.2) is 40.2 Å². The van der Waals surface area contributed by atoms with Crippen molar-refractivity contribution in [3.05, 3.63) is 68.1 Å². The summed E-state index contributed by atoms with van der Waals surface area (Å²) in [5.74, 6) is 0.119. The molecule has 0 spiro atoms. The maximum atomic E-state index is 11.4. The molecule has 3 heterocycles. The lowest BCUT2D eigenvalue weighted by molar-refractivity contribution is 0.454. The van der Waals surface area contributed by atoms with E-state index in [4.69, 9.17) is 11.6 Å². The highest BCUT2D eigenvalue weighted by atomic mass is 35.5. The Morgan fingerprint density at radius 3 is 2.84 bits per heavy atom. The first-order valence-corrected chi connectivity index (χ1v) is 10.2. The quantitative estimate of drug-likeness (QED) is 0.370. The van der Waals surface area contributed by atoms with Gasteiger partial charge in [0.2, 0.25) is 11.8 Å². The summed E-state index contributed by atoms with van der Waals surface area (Å²) in [7, 11) is 0. The number of aromatic amines is 2. The average molecular weight is 439 g/mol. The Morgan fingerprint density at radius 2 is 2.13 bits per heavy atom. The zero-order chi connectivity index (χ0) is 21.5. The molecule has 0 bridgehead atoms.